The number of carbonyl (C=O) groups is 2. The molecule has 0 aliphatic heterocycles. The molecule has 1 aromatic carbocycles. The summed E-state index contributed by atoms with van der Waals surface area (Å²) >= 11 is 0. The molecule has 4 nitrogen and oxygen atoms in total. The van der Waals surface area contributed by atoms with Crippen LogP contribution in [0.2, 0.25) is 0 Å². The van der Waals surface area contributed by atoms with Crippen molar-refractivity contribution < 1.29 is 19.4 Å². The fraction of sp³-hybridized carbons (Fsp3) is 0.500. The van der Waals surface area contributed by atoms with Crippen molar-refractivity contribution in [3.8, 4) is 0 Å². The zero-order valence-electron chi connectivity index (χ0n) is 17.1. The largest absolute Gasteiger partial charge is 0.455 e. The van der Waals surface area contributed by atoms with Gasteiger partial charge in [0.25, 0.3) is 0 Å². The van der Waals surface area contributed by atoms with Gasteiger partial charge in [-0.25, -0.2) is 4.79 Å². The molecule has 0 spiro atoms. The van der Waals surface area contributed by atoms with Crippen LogP contribution in [0.3, 0.4) is 0 Å². The predicted octanol–water partition coefficient (Wildman–Crippen LogP) is 4.33. The quantitative estimate of drug-likeness (QED) is 0.478. The molecule has 4 heteroatoms. The lowest BCUT2D eigenvalue weighted by Gasteiger charge is -2.41. The first-order valence-electron chi connectivity index (χ1n) is 10.0. The Balaban J connectivity index is 1.90. The minimum atomic E-state index is -1.18. The number of hydrogen-bond acceptors (Lipinski definition) is 4. The molecule has 2 aliphatic carbocycles. The number of fused-ring (bicyclic) bond motifs is 1. The molecular weight excluding hydrogens is 352 g/mol. The Labute approximate surface area is 167 Å². The average Bonchev–Trinajstić information content (AvgIpc) is 2.76. The van der Waals surface area contributed by atoms with Crippen molar-refractivity contribution in [3.05, 3.63) is 53.6 Å². The van der Waals surface area contributed by atoms with E-state index in [4.69, 9.17) is 4.74 Å². The number of aliphatic hydroxyl groups is 1. The van der Waals surface area contributed by atoms with Crippen LogP contribution in [0.4, 0.5) is 0 Å². The maximum Gasteiger partial charge on any atom is 0.331 e. The lowest BCUT2D eigenvalue weighted by Crippen LogP contribution is -2.50. The van der Waals surface area contributed by atoms with Gasteiger partial charge in [-0.2, -0.15) is 0 Å². The molecule has 0 amide bonds. The van der Waals surface area contributed by atoms with E-state index in [1.807, 2.05) is 64.1 Å². The van der Waals surface area contributed by atoms with Gasteiger partial charge in [-0.3, -0.25) is 4.79 Å². The molecule has 1 fully saturated rings. The monoisotopic (exact) mass is 382 g/mol. The van der Waals surface area contributed by atoms with Crippen molar-refractivity contribution in [2.24, 2.45) is 17.3 Å². The average molecular weight is 383 g/mol. The zero-order chi connectivity index (χ0) is 20.5. The second-order valence-corrected chi connectivity index (χ2v) is 8.80. The molecule has 1 N–H and O–H groups in total. The number of carbonyl (C=O) groups excluding carboxylic acids is 2. The summed E-state index contributed by atoms with van der Waals surface area (Å²) in [6.07, 6.45) is 5.97. The molecule has 0 unspecified atom stereocenters. The molecule has 150 valence electrons. The highest BCUT2D eigenvalue weighted by Crippen LogP contribution is 2.56. The minimum Gasteiger partial charge on any atom is -0.455 e. The van der Waals surface area contributed by atoms with Gasteiger partial charge in [-0.05, 0) is 43.4 Å². The van der Waals surface area contributed by atoms with Crippen LogP contribution in [0.5, 0.6) is 0 Å². The number of ketones is 1. The summed E-state index contributed by atoms with van der Waals surface area (Å²) in [5, 5.41) is 11.4. The smallest absolute Gasteiger partial charge is 0.331 e. The molecule has 0 heterocycles. The first-order chi connectivity index (χ1) is 13.2. The maximum atomic E-state index is 12.9. The molecule has 28 heavy (non-hydrogen) atoms. The van der Waals surface area contributed by atoms with Crippen LogP contribution in [0.1, 0.15) is 52.5 Å². The molecule has 0 saturated heterocycles. The first-order valence-corrected chi connectivity index (χ1v) is 10.0. The summed E-state index contributed by atoms with van der Waals surface area (Å²) in [7, 11) is 0. The normalized spacial score (nSPS) is 32.9. The highest BCUT2D eigenvalue weighted by molar-refractivity contribution is 5.90. The Bertz CT molecular complexity index is 807. The Kier molecular flexibility index (Phi) is 5.62. The van der Waals surface area contributed by atoms with Gasteiger partial charge in [0.05, 0.1) is 5.60 Å². The van der Waals surface area contributed by atoms with Crippen LogP contribution in [0.25, 0.3) is 6.08 Å². The van der Waals surface area contributed by atoms with Crippen LogP contribution < -0.4 is 0 Å². The SMILES string of the molecule is CC1=C[C@H](OC(=O)/C=C/c2ccccc2)[C@@H]2[C@@](C)(CC1)C(=O)C[C@@]2(O)C(C)C. The molecular formula is C24H30O4. The van der Waals surface area contributed by atoms with Crippen molar-refractivity contribution in [2.75, 3.05) is 0 Å². The topological polar surface area (TPSA) is 63.6 Å². The number of hydrogen-bond donors (Lipinski definition) is 1. The first kappa shape index (κ1) is 20.5. The maximum absolute atomic E-state index is 12.9. The molecule has 2 aliphatic rings. The fourth-order valence-electron chi connectivity index (χ4n) is 4.72. The van der Waals surface area contributed by atoms with Gasteiger partial charge in [0.15, 0.2) is 0 Å². The van der Waals surface area contributed by atoms with Crippen molar-refractivity contribution >= 4 is 17.8 Å². The third-order valence-electron chi connectivity index (χ3n) is 6.59. The summed E-state index contributed by atoms with van der Waals surface area (Å²) in [4.78, 5) is 25.5. The second kappa shape index (κ2) is 7.67. The number of benzene rings is 1. The van der Waals surface area contributed by atoms with Gasteiger partial charge in [-0.1, -0.05) is 56.7 Å². The van der Waals surface area contributed by atoms with Crippen molar-refractivity contribution in [2.45, 2.75) is 58.7 Å². The number of Topliss-reactive ketones (excluding diaryl/α,β-unsaturated/α-hetero) is 1. The van der Waals surface area contributed by atoms with Gasteiger partial charge in [0.2, 0.25) is 0 Å². The van der Waals surface area contributed by atoms with E-state index in [2.05, 4.69) is 0 Å². The number of rotatable bonds is 4. The summed E-state index contributed by atoms with van der Waals surface area (Å²) < 4.78 is 5.82. The molecule has 1 aromatic rings. The van der Waals surface area contributed by atoms with Crippen LogP contribution in [-0.2, 0) is 14.3 Å². The minimum absolute atomic E-state index is 0.0673. The number of esters is 1. The summed E-state index contributed by atoms with van der Waals surface area (Å²) in [6, 6.07) is 9.54. The highest BCUT2D eigenvalue weighted by atomic mass is 16.5. The van der Waals surface area contributed by atoms with Gasteiger partial charge >= 0.3 is 5.97 Å². The number of allylic oxidation sites excluding steroid dienone is 1. The third kappa shape index (κ3) is 3.70. The van der Waals surface area contributed by atoms with E-state index in [0.717, 1.165) is 17.6 Å². The summed E-state index contributed by atoms with van der Waals surface area (Å²) in [6.45, 7) is 7.76. The number of ether oxygens (including phenoxy) is 1. The van der Waals surface area contributed by atoms with Gasteiger partial charge in [0, 0.05) is 23.8 Å². The Morgan fingerprint density at radius 2 is 1.96 bits per heavy atom. The second-order valence-electron chi connectivity index (χ2n) is 8.80. The Morgan fingerprint density at radius 3 is 2.61 bits per heavy atom. The van der Waals surface area contributed by atoms with Gasteiger partial charge < -0.3 is 9.84 Å². The molecule has 3 rings (SSSR count). The van der Waals surface area contributed by atoms with E-state index in [1.165, 1.54) is 6.08 Å². The van der Waals surface area contributed by atoms with E-state index < -0.39 is 29.0 Å². The third-order valence-corrected chi connectivity index (χ3v) is 6.59. The summed E-state index contributed by atoms with van der Waals surface area (Å²) in [5.41, 5.74) is 0.119. The van der Waals surface area contributed by atoms with Crippen LogP contribution in [0, 0.1) is 17.3 Å². The fourth-order valence-corrected chi connectivity index (χ4v) is 4.72. The zero-order valence-corrected chi connectivity index (χ0v) is 17.1. The molecule has 1 saturated carbocycles. The van der Waals surface area contributed by atoms with E-state index in [0.29, 0.717) is 6.42 Å². The molecule has 0 radical (unpaired) electrons. The lowest BCUT2D eigenvalue weighted by molar-refractivity contribution is -0.155. The van der Waals surface area contributed by atoms with E-state index in [1.54, 1.807) is 6.08 Å². The predicted molar refractivity (Wildman–Crippen MR) is 109 cm³/mol. The molecule has 4 atom stereocenters. The van der Waals surface area contributed by atoms with Crippen molar-refractivity contribution in [3.63, 3.8) is 0 Å². The Morgan fingerprint density at radius 1 is 1.29 bits per heavy atom. The van der Waals surface area contributed by atoms with Crippen molar-refractivity contribution in [1.29, 1.82) is 0 Å². The molecule has 0 aromatic heterocycles. The molecule has 0 bridgehead atoms. The van der Waals surface area contributed by atoms with Crippen molar-refractivity contribution in [1.82, 2.24) is 0 Å². The van der Waals surface area contributed by atoms with Crippen LogP contribution in [-0.4, -0.2) is 28.6 Å². The van der Waals surface area contributed by atoms with Crippen LogP contribution >= 0.6 is 0 Å². The summed E-state index contributed by atoms with van der Waals surface area (Å²) in [5.74, 6) is -0.958. The van der Waals surface area contributed by atoms with Gasteiger partial charge in [0.1, 0.15) is 11.9 Å². The lowest BCUT2D eigenvalue weighted by atomic mass is 9.67. The van der Waals surface area contributed by atoms with Crippen LogP contribution in [0.15, 0.2) is 48.1 Å². The van der Waals surface area contributed by atoms with E-state index in [-0.39, 0.29) is 18.1 Å². The van der Waals surface area contributed by atoms with Gasteiger partial charge in [-0.15, -0.1) is 0 Å². The highest BCUT2D eigenvalue weighted by Gasteiger charge is 2.63. The standard InChI is InChI=1S/C24H30O4/c1-16(2)24(27)15-20(25)23(4)13-12-17(3)14-19(22(23)24)28-21(26)11-10-18-8-6-5-7-9-18/h5-11,14,16,19,22,27H,12-13,15H2,1-4H3/b11-10+/t19-,22+,23-,24+/m0/s1. The van der Waals surface area contributed by atoms with E-state index >= 15 is 0 Å². The van der Waals surface area contributed by atoms with E-state index in [9.17, 15) is 14.7 Å². The Hall–Kier alpha value is -2.20.